The van der Waals surface area contributed by atoms with Gasteiger partial charge in [0.2, 0.25) is 5.91 Å². The van der Waals surface area contributed by atoms with E-state index in [2.05, 4.69) is 20.9 Å². The fraction of sp³-hybridized carbons (Fsp3) is 0.320. The Morgan fingerprint density at radius 2 is 1.94 bits per heavy atom. The number of halogens is 1. The first kappa shape index (κ1) is 21.7. The molecule has 0 atom stereocenters. The number of amides is 2. The first-order valence-electron chi connectivity index (χ1n) is 11.1. The fourth-order valence-electron chi connectivity index (χ4n) is 3.50. The molecule has 1 saturated carbocycles. The SMILES string of the molecule is CCCCNC(=O)Cc1cc2c(Nc3ccccc3)c(C(=O)NC3CC3)cnc2cc1F. The highest BCUT2D eigenvalue weighted by Gasteiger charge is 2.26. The second-order valence-corrected chi connectivity index (χ2v) is 8.13. The topological polar surface area (TPSA) is 83.1 Å². The zero-order valence-corrected chi connectivity index (χ0v) is 18.1. The number of aromatic nitrogens is 1. The summed E-state index contributed by atoms with van der Waals surface area (Å²) in [7, 11) is 0. The highest BCUT2D eigenvalue weighted by atomic mass is 19.1. The molecule has 2 aromatic carbocycles. The van der Waals surface area contributed by atoms with E-state index in [1.54, 1.807) is 6.07 Å². The van der Waals surface area contributed by atoms with Gasteiger partial charge in [0.15, 0.2) is 0 Å². The smallest absolute Gasteiger partial charge is 0.255 e. The van der Waals surface area contributed by atoms with Crippen LogP contribution in [0.5, 0.6) is 0 Å². The number of benzene rings is 2. The monoisotopic (exact) mass is 434 g/mol. The van der Waals surface area contributed by atoms with Crippen LogP contribution in [0.15, 0.2) is 48.7 Å². The van der Waals surface area contributed by atoms with Crippen molar-refractivity contribution in [2.75, 3.05) is 11.9 Å². The number of nitrogens with zero attached hydrogens (tertiary/aromatic N) is 1. The van der Waals surface area contributed by atoms with Gasteiger partial charge in [-0.05, 0) is 43.0 Å². The summed E-state index contributed by atoms with van der Waals surface area (Å²) in [4.78, 5) is 29.5. The van der Waals surface area contributed by atoms with Gasteiger partial charge in [0, 0.05) is 35.9 Å². The number of anilines is 2. The number of para-hydroxylation sites is 1. The van der Waals surface area contributed by atoms with Gasteiger partial charge in [-0.25, -0.2) is 4.39 Å². The second-order valence-electron chi connectivity index (χ2n) is 8.13. The minimum atomic E-state index is -0.489. The summed E-state index contributed by atoms with van der Waals surface area (Å²) in [5.41, 5.74) is 2.41. The van der Waals surface area contributed by atoms with Gasteiger partial charge in [-0.3, -0.25) is 14.6 Å². The second kappa shape index (κ2) is 9.77. The molecule has 32 heavy (non-hydrogen) atoms. The quantitative estimate of drug-likeness (QED) is 0.434. The molecule has 3 aromatic rings. The van der Waals surface area contributed by atoms with Gasteiger partial charge in [0.05, 0.1) is 23.2 Å². The van der Waals surface area contributed by atoms with Crippen LogP contribution in [-0.2, 0) is 11.2 Å². The largest absolute Gasteiger partial charge is 0.356 e. The summed E-state index contributed by atoms with van der Waals surface area (Å²) in [5, 5.41) is 9.71. The molecule has 4 rings (SSSR count). The molecule has 1 aliphatic rings. The fourth-order valence-corrected chi connectivity index (χ4v) is 3.50. The number of hydrogen-bond donors (Lipinski definition) is 3. The Bertz CT molecular complexity index is 1130. The van der Waals surface area contributed by atoms with E-state index in [4.69, 9.17) is 0 Å². The van der Waals surface area contributed by atoms with Crippen molar-refractivity contribution in [3.8, 4) is 0 Å². The third-order valence-corrected chi connectivity index (χ3v) is 5.44. The van der Waals surface area contributed by atoms with Crippen LogP contribution in [-0.4, -0.2) is 29.4 Å². The molecule has 1 heterocycles. The minimum Gasteiger partial charge on any atom is -0.356 e. The van der Waals surface area contributed by atoms with Crippen LogP contribution in [0.4, 0.5) is 15.8 Å². The van der Waals surface area contributed by atoms with Crippen LogP contribution in [0.2, 0.25) is 0 Å². The molecule has 7 heteroatoms. The van der Waals surface area contributed by atoms with E-state index >= 15 is 0 Å². The number of rotatable bonds is 9. The van der Waals surface area contributed by atoms with Crippen molar-refractivity contribution in [2.45, 2.75) is 45.1 Å². The molecule has 0 radical (unpaired) electrons. The summed E-state index contributed by atoms with van der Waals surface area (Å²) < 4.78 is 14.7. The average molecular weight is 435 g/mol. The minimum absolute atomic E-state index is 0.0746. The van der Waals surface area contributed by atoms with Crippen molar-refractivity contribution in [1.29, 1.82) is 0 Å². The third kappa shape index (κ3) is 5.22. The van der Waals surface area contributed by atoms with Crippen molar-refractivity contribution in [1.82, 2.24) is 15.6 Å². The van der Waals surface area contributed by atoms with Crippen molar-refractivity contribution < 1.29 is 14.0 Å². The molecule has 0 aliphatic heterocycles. The molecule has 0 spiro atoms. The van der Waals surface area contributed by atoms with Crippen LogP contribution >= 0.6 is 0 Å². The summed E-state index contributed by atoms with van der Waals surface area (Å²) in [6, 6.07) is 12.6. The van der Waals surface area contributed by atoms with E-state index in [1.807, 2.05) is 37.3 Å². The highest BCUT2D eigenvalue weighted by Crippen LogP contribution is 2.32. The molecule has 0 bridgehead atoms. The summed E-state index contributed by atoms with van der Waals surface area (Å²) in [6.45, 7) is 2.61. The lowest BCUT2D eigenvalue weighted by Crippen LogP contribution is -2.27. The summed E-state index contributed by atoms with van der Waals surface area (Å²) in [6.07, 6.45) is 5.18. The number of fused-ring (bicyclic) bond motifs is 1. The molecule has 3 N–H and O–H groups in total. The van der Waals surface area contributed by atoms with Gasteiger partial charge >= 0.3 is 0 Å². The first-order valence-corrected chi connectivity index (χ1v) is 11.1. The van der Waals surface area contributed by atoms with E-state index in [0.717, 1.165) is 31.4 Å². The molecule has 1 aromatic heterocycles. The van der Waals surface area contributed by atoms with E-state index in [0.29, 0.717) is 28.7 Å². The maximum atomic E-state index is 14.7. The Balaban J connectivity index is 1.73. The van der Waals surface area contributed by atoms with E-state index in [1.165, 1.54) is 12.3 Å². The lowest BCUT2D eigenvalue weighted by molar-refractivity contribution is -0.120. The average Bonchev–Trinajstić information content (AvgIpc) is 3.59. The Morgan fingerprint density at radius 1 is 1.16 bits per heavy atom. The number of carbonyl (C=O) groups is 2. The number of hydrogen-bond acceptors (Lipinski definition) is 4. The molecular formula is C25H27FN4O2. The Kier molecular flexibility index (Phi) is 6.63. The first-order chi connectivity index (χ1) is 15.5. The highest BCUT2D eigenvalue weighted by molar-refractivity contribution is 6.08. The molecular weight excluding hydrogens is 407 g/mol. The molecule has 166 valence electrons. The van der Waals surface area contributed by atoms with Gasteiger partial charge < -0.3 is 16.0 Å². The maximum Gasteiger partial charge on any atom is 0.255 e. The Labute approximate surface area is 186 Å². The molecule has 0 saturated heterocycles. The van der Waals surface area contributed by atoms with Gasteiger partial charge in [0.1, 0.15) is 5.82 Å². The predicted octanol–water partition coefficient (Wildman–Crippen LogP) is 4.47. The lowest BCUT2D eigenvalue weighted by Gasteiger charge is -2.16. The standard InChI is InChI=1S/C25H27FN4O2/c1-2-3-11-27-23(31)13-16-12-19-22(14-21(16)26)28-15-20(25(32)30-18-9-10-18)24(19)29-17-7-5-4-6-8-17/h4-8,12,14-15,18H,2-3,9-11,13H2,1H3,(H,27,31)(H,28,29)(H,30,32). The summed E-state index contributed by atoms with van der Waals surface area (Å²) >= 11 is 0. The molecule has 6 nitrogen and oxygen atoms in total. The van der Waals surface area contributed by atoms with E-state index < -0.39 is 5.82 Å². The van der Waals surface area contributed by atoms with Crippen molar-refractivity contribution >= 4 is 34.1 Å². The van der Waals surface area contributed by atoms with Gasteiger partial charge in [-0.1, -0.05) is 31.5 Å². The third-order valence-electron chi connectivity index (χ3n) is 5.44. The lowest BCUT2D eigenvalue weighted by atomic mass is 10.0. The zero-order valence-electron chi connectivity index (χ0n) is 18.1. The molecule has 2 amide bonds. The van der Waals surface area contributed by atoms with Crippen LogP contribution in [0, 0.1) is 5.82 Å². The Hall–Kier alpha value is -3.48. The van der Waals surface area contributed by atoms with E-state index in [9.17, 15) is 14.0 Å². The number of unbranched alkanes of at least 4 members (excludes halogenated alkanes) is 1. The zero-order chi connectivity index (χ0) is 22.5. The van der Waals surface area contributed by atoms with Gasteiger partial charge in [0.25, 0.3) is 5.91 Å². The van der Waals surface area contributed by atoms with Crippen molar-refractivity contribution in [2.24, 2.45) is 0 Å². The van der Waals surface area contributed by atoms with Crippen LogP contribution in [0.3, 0.4) is 0 Å². The number of pyridine rings is 1. The van der Waals surface area contributed by atoms with Crippen LogP contribution in [0.1, 0.15) is 48.5 Å². The van der Waals surface area contributed by atoms with Gasteiger partial charge in [-0.15, -0.1) is 0 Å². The maximum absolute atomic E-state index is 14.7. The normalized spacial score (nSPS) is 13.1. The van der Waals surface area contributed by atoms with Gasteiger partial charge in [-0.2, -0.15) is 0 Å². The molecule has 1 aliphatic carbocycles. The van der Waals surface area contributed by atoms with Crippen LogP contribution < -0.4 is 16.0 Å². The number of nitrogens with one attached hydrogen (secondary N) is 3. The molecule has 1 fully saturated rings. The predicted molar refractivity (Wildman–Crippen MR) is 124 cm³/mol. The van der Waals surface area contributed by atoms with E-state index in [-0.39, 0.29) is 29.8 Å². The molecule has 0 unspecified atom stereocenters. The number of carbonyl (C=O) groups excluding carboxylic acids is 2. The van der Waals surface area contributed by atoms with Crippen molar-refractivity contribution in [3.63, 3.8) is 0 Å². The summed E-state index contributed by atoms with van der Waals surface area (Å²) in [5.74, 6) is -0.940. The van der Waals surface area contributed by atoms with Crippen molar-refractivity contribution in [3.05, 3.63) is 65.6 Å². The van der Waals surface area contributed by atoms with Crippen LogP contribution in [0.25, 0.3) is 10.9 Å². The Morgan fingerprint density at radius 3 is 2.66 bits per heavy atom.